The Morgan fingerprint density at radius 1 is 1.35 bits per heavy atom. The second-order valence-corrected chi connectivity index (χ2v) is 4.27. The lowest BCUT2D eigenvalue weighted by atomic mass is 9.89. The highest BCUT2D eigenvalue weighted by atomic mass is 19.1. The second-order valence-electron chi connectivity index (χ2n) is 4.27. The Bertz CT molecular complexity index is 503. The molecule has 1 atom stereocenters. The maximum atomic E-state index is 13.7. The van der Waals surface area contributed by atoms with Crippen molar-refractivity contribution in [2.45, 2.75) is 19.0 Å². The molecule has 1 aromatic rings. The molecule has 2 rings (SSSR count). The predicted molar refractivity (Wildman–Crippen MR) is 63.6 cm³/mol. The number of rotatable bonds is 2. The molecule has 1 unspecified atom stereocenters. The average molecular weight is 233 g/mol. The van der Waals surface area contributed by atoms with Crippen LogP contribution in [0.1, 0.15) is 18.9 Å². The van der Waals surface area contributed by atoms with E-state index in [2.05, 4.69) is 0 Å². The molecule has 0 bridgehead atoms. The van der Waals surface area contributed by atoms with Crippen molar-refractivity contribution in [3.05, 3.63) is 63.9 Å². The third-order valence-corrected chi connectivity index (χ3v) is 2.73. The van der Waals surface area contributed by atoms with E-state index in [-0.39, 0.29) is 12.1 Å². The molecular formula is C13H12FNO2. The molecule has 0 fully saturated rings. The monoisotopic (exact) mass is 233 g/mol. The topological polar surface area (TPSA) is 43.1 Å². The van der Waals surface area contributed by atoms with E-state index in [1.165, 1.54) is 19.1 Å². The van der Waals surface area contributed by atoms with Gasteiger partial charge in [0, 0.05) is 0 Å². The summed E-state index contributed by atoms with van der Waals surface area (Å²) in [6, 6.07) is 9.00. The minimum atomic E-state index is -1.64. The van der Waals surface area contributed by atoms with E-state index in [9.17, 15) is 14.5 Å². The van der Waals surface area contributed by atoms with Gasteiger partial charge in [0.1, 0.15) is 5.67 Å². The SMILES string of the molecule is CC1(F)C=CC(c2ccccc2)=C([N+](=O)[O-])C1. The van der Waals surface area contributed by atoms with Crippen LogP contribution in [0.3, 0.4) is 0 Å². The standard InChI is InChI=1S/C13H12FNO2/c1-13(14)8-7-11(12(9-13)15(16)17)10-5-3-2-4-6-10/h2-8H,9H2,1H3. The number of hydrogen-bond acceptors (Lipinski definition) is 2. The largest absolute Gasteiger partial charge is 0.259 e. The summed E-state index contributed by atoms with van der Waals surface area (Å²) in [4.78, 5) is 10.5. The number of halogens is 1. The van der Waals surface area contributed by atoms with Gasteiger partial charge in [0.15, 0.2) is 0 Å². The zero-order chi connectivity index (χ0) is 12.5. The van der Waals surface area contributed by atoms with E-state index in [0.29, 0.717) is 5.57 Å². The molecule has 1 aliphatic rings. The number of allylic oxidation sites excluding steroid dienone is 4. The van der Waals surface area contributed by atoms with Crippen molar-refractivity contribution >= 4 is 5.57 Å². The highest BCUT2D eigenvalue weighted by Crippen LogP contribution is 2.34. The first-order chi connectivity index (χ1) is 7.99. The lowest BCUT2D eigenvalue weighted by Gasteiger charge is -2.19. The molecule has 17 heavy (non-hydrogen) atoms. The van der Waals surface area contributed by atoms with Gasteiger partial charge in [-0.15, -0.1) is 0 Å². The van der Waals surface area contributed by atoms with Gasteiger partial charge in [-0.1, -0.05) is 30.3 Å². The van der Waals surface area contributed by atoms with Gasteiger partial charge >= 0.3 is 0 Å². The van der Waals surface area contributed by atoms with E-state index in [1.54, 1.807) is 24.3 Å². The Kier molecular flexibility index (Phi) is 2.79. The molecule has 0 aromatic heterocycles. The zero-order valence-electron chi connectivity index (χ0n) is 9.39. The minimum Gasteiger partial charge on any atom is -0.259 e. The average Bonchev–Trinajstić information content (AvgIpc) is 2.29. The molecule has 0 spiro atoms. The van der Waals surface area contributed by atoms with Gasteiger partial charge in [-0.25, -0.2) is 4.39 Å². The first-order valence-electron chi connectivity index (χ1n) is 5.31. The van der Waals surface area contributed by atoms with Crippen LogP contribution in [-0.2, 0) is 0 Å². The fraction of sp³-hybridized carbons (Fsp3) is 0.231. The smallest absolute Gasteiger partial charge is 0.257 e. The first-order valence-corrected chi connectivity index (χ1v) is 5.31. The van der Waals surface area contributed by atoms with Crippen molar-refractivity contribution in [1.29, 1.82) is 0 Å². The summed E-state index contributed by atoms with van der Waals surface area (Å²) in [7, 11) is 0. The second kappa shape index (κ2) is 4.13. The number of nitro groups is 1. The molecule has 0 amide bonds. The lowest BCUT2D eigenvalue weighted by Crippen LogP contribution is -2.22. The van der Waals surface area contributed by atoms with Crippen LogP contribution in [0.2, 0.25) is 0 Å². The quantitative estimate of drug-likeness (QED) is 0.580. The summed E-state index contributed by atoms with van der Waals surface area (Å²) in [6.45, 7) is 1.34. The van der Waals surface area contributed by atoms with Crippen LogP contribution in [0.5, 0.6) is 0 Å². The fourth-order valence-corrected chi connectivity index (χ4v) is 1.88. The van der Waals surface area contributed by atoms with Crippen molar-refractivity contribution in [2.75, 3.05) is 0 Å². The van der Waals surface area contributed by atoms with Gasteiger partial charge in [0.2, 0.25) is 0 Å². The van der Waals surface area contributed by atoms with Gasteiger partial charge in [-0.05, 0) is 24.6 Å². The van der Waals surface area contributed by atoms with E-state index >= 15 is 0 Å². The fourth-order valence-electron chi connectivity index (χ4n) is 1.88. The Morgan fingerprint density at radius 3 is 2.59 bits per heavy atom. The summed E-state index contributed by atoms with van der Waals surface area (Å²) in [6.07, 6.45) is 2.68. The molecule has 0 heterocycles. The molecule has 0 N–H and O–H groups in total. The van der Waals surface area contributed by atoms with Crippen LogP contribution in [-0.4, -0.2) is 10.6 Å². The van der Waals surface area contributed by atoms with Crippen LogP contribution in [0, 0.1) is 10.1 Å². The molecule has 0 radical (unpaired) electrons. The third kappa shape index (κ3) is 2.41. The number of benzene rings is 1. The van der Waals surface area contributed by atoms with Gasteiger partial charge in [-0.3, -0.25) is 10.1 Å². The molecule has 0 saturated heterocycles. The Morgan fingerprint density at radius 2 is 2.00 bits per heavy atom. The third-order valence-electron chi connectivity index (χ3n) is 2.73. The van der Waals surface area contributed by atoms with Crippen LogP contribution in [0.25, 0.3) is 5.57 Å². The van der Waals surface area contributed by atoms with Gasteiger partial charge in [-0.2, -0.15) is 0 Å². The van der Waals surface area contributed by atoms with Crippen molar-refractivity contribution in [2.24, 2.45) is 0 Å². The van der Waals surface area contributed by atoms with E-state index in [1.807, 2.05) is 6.07 Å². The van der Waals surface area contributed by atoms with E-state index in [4.69, 9.17) is 0 Å². The minimum absolute atomic E-state index is 0.0660. The normalized spacial score (nSPS) is 23.9. The van der Waals surface area contributed by atoms with E-state index in [0.717, 1.165) is 5.56 Å². The van der Waals surface area contributed by atoms with E-state index < -0.39 is 10.6 Å². The summed E-state index contributed by atoms with van der Waals surface area (Å²) < 4.78 is 13.7. The molecular weight excluding hydrogens is 221 g/mol. The first kappa shape index (κ1) is 11.5. The van der Waals surface area contributed by atoms with Gasteiger partial charge < -0.3 is 0 Å². The molecule has 0 saturated carbocycles. The van der Waals surface area contributed by atoms with Crippen molar-refractivity contribution < 1.29 is 9.31 Å². The Balaban J connectivity index is 2.50. The summed E-state index contributed by atoms with van der Waals surface area (Å²) in [5, 5.41) is 11.0. The highest BCUT2D eigenvalue weighted by molar-refractivity contribution is 5.76. The summed E-state index contributed by atoms with van der Waals surface area (Å²) in [5.41, 5.74) is -0.471. The molecule has 1 aliphatic carbocycles. The van der Waals surface area contributed by atoms with Crippen LogP contribution >= 0.6 is 0 Å². The predicted octanol–water partition coefficient (Wildman–Crippen LogP) is 3.36. The zero-order valence-corrected chi connectivity index (χ0v) is 9.39. The van der Waals surface area contributed by atoms with Gasteiger partial charge in [0.25, 0.3) is 5.70 Å². The highest BCUT2D eigenvalue weighted by Gasteiger charge is 2.33. The molecule has 0 aliphatic heterocycles. The maximum Gasteiger partial charge on any atom is 0.257 e. The maximum absolute atomic E-state index is 13.7. The van der Waals surface area contributed by atoms with Crippen molar-refractivity contribution in [3.8, 4) is 0 Å². The summed E-state index contributed by atoms with van der Waals surface area (Å²) >= 11 is 0. The Hall–Kier alpha value is -1.97. The van der Waals surface area contributed by atoms with Crippen LogP contribution in [0.4, 0.5) is 4.39 Å². The van der Waals surface area contributed by atoms with Crippen LogP contribution in [0.15, 0.2) is 48.2 Å². The van der Waals surface area contributed by atoms with Crippen LogP contribution < -0.4 is 0 Å². The number of alkyl halides is 1. The number of nitrogens with zero attached hydrogens (tertiary/aromatic N) is 1. The molecule has 4 heteroatoms. The summed E-state index contributed by atoms with van der Waals surface area (Å²) in [5.74, 6) is 0. The Labute approximate surface area is 98.4 Å². The molecule has 88 valence electrons. The van der Waals surface area contributed by atoms with Crippen molar-refractivity contribution in [1.82, 2.24) is 0 Å². The molecule has 3 nitrogen and oxygen atoms in total. The van der Waals surface area contributed by atoms with Gasteiger partial charge in [0.05, 0.1) is 16.9 Å². The number of hydrogen-bond donors (Lipinski definition) is 0. The lowest BCUT2D eigenvalue weighted by molar-refractivity contribution is -0.428. The molecule has 1 aromatic carbocycles. The van der Waals surface area contributed by atoms with Crippen molar-refractivity contribution in [3.63, 3.8) is 0 Å².